The minimum atomic E-state index is -2.82. The zero-order chi connectivity index (χ0) is 11.2. The van der Waals surface area contributed by atoms with Crippen molar-refractivity contribution in [3.8, 4) is 0 Å². The van der Waals surface area contributed by atoms with Gasteiger partial charge in [-0.15, -0.1) is 0 Å². The molecule has 0 atom stereocenters. The summed E-state index contributed by atoms with van der Waals surface area (Å²) in [6, 6.07) is 0. The van der Waals surface area contributed by atoms with Crippen LogP contribution in [0.3, 0.4) is 0 Å². The molecule has 0 amide bonds. The molecule has 1 heterocycles. The SMILES string of the molecule is CC1(C)CN(CCS(C)(=O)=O)C1(C)C. The number of likely N-dealkylation sites (tertiary alicyclic amines) is 1. The van der Waals surface area contributed by atoms with E-state index in [1.807, 2.05) is 0 Å². The molecule has 0 aromatic rings. The van der Waals surface area contributed by atoms with Crippen molar-refractivity contribution in [1.82, 2.24) is 4.90 Å². The molecule has 0 unspecified atom stereocenters. The number of hydrogen-bond acceptors (Lipinski definition) is 3. The summed E-state index contributed by atoms with van der Waals surface area (Å²) in [4.78, 5) is 2.24. The fraction of sp³-hybridized carbons (Fsp3) is 1.00. The molecule has 3 nitrogen and oxygen atoms in total. The fourth-order valence-corrected chi connectivity index (χ4v) is 2.39. The van der Waals surface area contributed by atoms with Crippen LogP contribution in [-0.4, -0.2) is 44.0 Å². The van der Waals surface area contributed by atoms with E-state index in [-0.39, 0.29) is 11.3 Å². The third kappa shape index (κ3) is 2.11. The van der Waals surface area contributed by atoms with Gasteiger partial charge in [0.2, 0.25) is 0 Å². The van der Waals surface area contributed by atoms with E-state index < -0.39 is 9.84 Å². The van der Waals surface area contributed by atoms with Gasteiger partial charge in [0.1, 0.15) is 9.84 Å². The lowest BCUT2D eigenvalue weighted by Crippen LogP contribution is -2.69. The van der Waals surface area contributed by atoms with Crippen molar-refractivity contribution < 1.29 is 8.42 Å². The third-order valence-corrected chi connectivity index (χ3v) is 4.69. The van der Waals surface area contributed by atoms with Gasteiger partial charge in [-0.1, -0.05) is 13.8 Å². The van der Waals surface area contributed by atoms with Crippen molar-refractivity contribution in [2.24, 2.45) is 5.41 Å². The number of sulfone groups is 1. The van der Waals surface area contributed by atoms with Crippen molar-refractivity contribution in [1.29, 1.82) is 0 Å². The Kier molecular flexibility index (Phi) is 2.74. The van der Waals surface area contributed by atoms with Crippen molar-refractivity contribution >= 4 is 9.84 Å². The van der Waals surface area contributed by atoms with E-state index in [4.69, 9.17) is 0 Å². The average molecular weight is 219 g/mol. The molecule has 14 heavy (non-hydrogen) atoms. The zero-order valence-corrected chi connectivity index (χ0v) is 10.6. The van der Waals surface area contributed by atoms with E-state index in [0.29, 0.717) is 12.0 Å². The normalized spacial score (nSPS) is 25.8. The summed E-state index contributed by atoms with van der Waals surface area (Å²) in [6.45, 7) is 10.5. The summed E-state index contributed by atoms with van der Waals surface area (Å²) in [5.74, 6) is 0.270. The second kappa shape index (κ2) is 3.20. The molecular weight excluding hydrogens is 198 g/mol. The van der Waals surface area contributed by atoms with Crippen molar-refractivity contribution in [3.63, 3.8) is 0 Å². The molecule has 1 fully saturated rings. The Morgan fingerprint density at radius 2 is 1.71 bits per heavy atom. The van der Waals surface area contributed by atoms with E-state index in [0.717, 1.165) is 6.54 Å². The van der Waals surface area contributed by atoms with Gasteiger partial charge in [0.25, 0.3) is 0 Å². The Labute approximate surface area is 87.4 Å². The molecule has 0 N–H and O–H groups in total. The fourth-order valence-electron chi connectivity index (χ4n) is 1.84. The van der Waals surface area contributed by atoms with Crippen LogP contribution >= 0.6 is 0 Å². The lowest BCUT2D eigenvalue weighted by molar-refractivity contribution is -0.112. The summed E-state index contributed by atoms with van der Waals surface area (Å²) in [6.07, 6.45) is 1.30. The first-order valence-corrected chi connectivity index (χ1v) is 7.05. The molecule has 0 aliphatic carbocycles. The van der Waals surface area contributed by atoms with Crippen LogP contribution in [0.2, 0.25) is 0 Å². The van der Waals surface area contributed by atoms with Gasteiger partial charge < -0.3 is 0 Å². The van der Waals surface area contributed by atoms with Gasteiger partial charge in [-0.2, -0.15) is 0 Å². The van der Waals surface area contributed by atoms with Crippen LogP contribution in [-0.2, 0) is 9.84 Å². The van der Waals surface area contributed by atoms with E-state index in [1.54, 1.807) is 0 Å². The van der Waals surface area contributed by atoms with Crippen LogP contribution in [0, 0.1) is 5.41 Å². The molecule has 0 bridgehead atoms. The van der Waals surface area contributed by atoms with Gasteiger partial charge in [0.15, 0.2) is 0 Å². The van der Waals surface area contributed by atoms with Gasteiger partial charge >= 0.3 is 0 Å². The second-order valence-electron chi connectivity index (χ2n) is 5.49. The summed E-state index contributed by atoms with van der Waals surface area (Å²) in [5, 5.41) is 0. The third-order valence-electron chi connectivity index (χ3n) is 3.76. The molecule has 0 radical (unpaired) electrons. The topological polar surface area (TPSA) is 37.4 Å². The lowest BCUT2D eigenvalue weighted by Gasteiger charge is -2.61. The standard InChI is InChI=1S/C10H21NO2S/c1-9(2)8-11(10(9,3)4)6-7-14(5,12)13/h6-8H2,1-5H3. The molecule has 84 valence electrons. The first kappa shape index (κ1) is 12.0. The van der Waals surface area contributed by atoms with E-state index >= 15 is 0 Å². The molecule has 0 saturated carbocycles. The molecule has 4 heteroatoms. The summed E-state index contributed by atoms with van der Waals surface area (Å²) in [7, 11) is -2.82. The zero-order valence-electron chi connectivity index (χ0n) is 9.79. The van der Waals surface area contributed by atoms with Crippen LogP contribution < -0.4 is 0 Å². The predicted octanol–water partition coefficient (Wildman–Crippen LogP) is 1.15. The minimum Gasteiger partial charge on any atom is -0.296 e. The first-order valence-electron chi connectivity index (χ1n) is 4.99. The molecule has 1 saturated heterocycles. The van der Waals surface area contributed by atoms with Crippen LogP contribution in [0.4, 0.5) is 0 Å². The number of hydrogen-bond donors (Lipinski definition) is 0. The van der Waals surface area contributed by atoms with Crippen LogP contribution in [0.25, 0.3) is 0 Å². The maximum Gasteiger partial charge on any atom is 0.148 e. The van der Waals surface area contributed by atoms with Gasteiger partial charge in [-0.05, 0) is 19.3 Å². The minimum absolute atomic E-state index is 0.123. The van der Waals surface area contributed by atoms with E-state index in [9.17, 15) is 8.42 Å². The van der Waals surface area contributed by atoms with Crippen LogP contribution in [0.1, 0.15) is 27.7 Å². The maximum atomic E-state index is 11.0. The monoisotopic (exact) mass is 219 g/mol. The highest BCUT2D eigenvalue weighted by Crippen LogP contribution is 2.45. The van der Waals surface area contributed by atoms with E-state index in [1.165, 1.54) is 6.26 Å². The van der Waals surface area contributed by atoms with Gasteiger partial charge in [-0.25, -0.2) is 8.42 Å². The Morgan fingerprint density at radius 3 is 2.00 bits per heavy atom. The number of nitrogens with zero attached hydrogens (tertiary/aromatic N) is 1. The Bertz CT molecular complexity index is 317. The molecule has 0 spiro atoms. The Balaban J connectivity index is 2.53. The summed E-state index contributed by atoms with van der Waals surface area (Å²) >= 11 is 0. The molecular formula is C10H21NO2S. The van der Waals surface area contributed by atoms with Gasteiger partial charge in [0, 0.05) is 24.9 Å². The molecule has 1 aliphatic heterocycles. The Hall–Kier alpha value is -0.0900. The highest BCUT2D eigenvalue weighted by atomic mass is 32.2. The highest BCUT2D eigenvalue weighted by Gasteiger charge is 2.51. The highest BCUT2D eigenvalue weighted by molar-refractivity contribution is 7.90. The van der Waals surface area contributed by atoms with Gasteiger partial charge in [0.05, 0.1) is 5.75 Å². The largest absolute Gasteiger partial charge is 0.296 e. The predicted molar refractivity (Wildman–Crippen MR) is 59.1 cm³/mol. The first-order chi connectivity index (χ1) is 6.06. The quantitative estimate of drug-likeness (QED) is 0.714. The Morgan fingerprint density at radius 1 is 1.21 bits per heavy atom. The second-order valence-corrected chi connectivity index (χ2v) is 7.75. The van der Waals surface area contributed by atoms with Crippen molar-refractivity contribution in [2.45, 2.75) is 33.2 Å². The number of rotatable bonds is 3. The molecule has 1 rings (SSSR count). The van der Waals surface area contributed by atoms with E-state index in [2.05, 4.69) is 32.6 Å². The average Bonchev–Trinajstić information content (AvgIpc) is 1.95. The van der Waals surface area contributed by atoms with Crippen molar-refractivity contribution in [3.05, 3.63) is 0 Å². The van der Waals surface area contributed by atoms with Crippen molar-refractivity contribution in [2.75, 3.05) is 25.1 Å². The van der Waals surface area contributed by atoms with Crippen LogP contribution in [0.15, 0.2) is 0 Å². The molecule has 0 aromatic carbocycles. The van der Waals surface area contributed by atoms with Gasteiger partial charge in [-0.3, -0.25) is 4.90 Å². The summed E-state index contributed by atoms with van der Waals surface area (Å²) in [5.41, 5.74) is 0.419. The molecule has 0 aromatic heterocycles. The maximum absolute atomic E-state index is 11.0. The lowest BCUT2D eigenvalue weighted by atomic mass is 9.65. The smallest absolute Gasteiger partial charge is 0.148 e. The summed E-state index contributed by atoms with van der Waals surface area (Å²) < 4.78 is 22.0. The molecule has 1 aliphatic rings. The van der Waals surface area contributed by atoms with Crippen LogP contribution in [0.5, 0.6) is 0 Å².